The Morgan fingerprint density at radius 1 is 1.14 bits per heavy atom. The summed E-state index contributed by atoms with van der Waals surface area (Å²) in [6.07, 6.45) is 2.87. The smallest absolute Gasteiger partial charge is 0.228 e. The molecule has 3 nitrogen and oxygen atoms in total. The molecule has 0 saturated carbocycles. The average molecular weight is 298 g/mol. The Kier molecular flexibility index (Phi) is 3.28. The first kappa shape index (κ1) is 15.0. The lowest BCUT2D eigenvalue weighted by Crippen LogP contribution is -2.31. The molecular formula is C19H22O3. The van der Waals surface area contributed by atoms with E-state index in [1.165, 1.54) is 0 Å². The Bertz CT molecular complexity index is 720. The Morgan fingerprint density at radius 2 is 1.82 bits per heavy atom. The first-order chi connectivity index (χ1) is 10.3. The molecule has 0 radical (unpaired) electrons. The highest BCUT2D eigenvalue weighted by Gasteiger charge is 2.38. The number of hydrogen-bond acceptors (Lipinski definition) is 3. The average Bonchev–Trinajstić information content (AvgIpc) is 2.43. The molecule has 0 atom stereocenters. The molecule has 0 saturated heterocycles. The molecule has 0 fully saturated rings. The van der Waals surface area contributed by atoms with E-state index in [9.17, 15) is 14.7 Å². The van der Waals surface area contributed by atoms with Crippen LogP contribution in [0, 0.1) is 5.92 Å². The molecule has 0 bridgehead atoms. The molecule has 2 aliphatic carbocycles. The molecule has 0 heterocycles. The van der Waals surface area contributed by atoms with Crippen LogP contribution in [0.25, 0.3) is 0 Å². The molecule has 0 amide bonds. The van der Waals surface area contributed by atoms with Crippen molar-refractivity contribution in [3.63, 3.8) is 0 Å². The number of hydrogen-bond donors (Lipinski definition) is 1. The van der Waals surface area contributed by atoms with E-state index in [0.29, 0.717) is 11.1 Å². The van der Waals surface area contributed by atoms with Crippen molar-refractivity contribution in [1.29, 1.82) is 0 Å². The summed E-state index contributed by atoms with van der Waals surface area (Å²) in [5.41, 5.74) is 3.25. The third-order valence-electron chi connectivity index (χ3n) is 5.03. The van der Waals surface area contributed by atoms with Crippen LogP contribution in [0.4, 0.5) is 0 Å². The minimum Gasteiger partial charge on any atom is -0.504 e. The van der Waals surface area contributed by atoms with Crippen molar-refractivity contribution in [2.75, 3.05) is 0 Å². The van der Waals surface area contributed by atoms with E-state index < -0.39 is 0 Å². The summed E-state index contributed by atoms with van der Waals surface area (Å²) in [4.78, 5) is 25.4. The number of carbonyl (C=O) groups excluding carboxylic acids is 2. The van der Waals surface area contributed by atoms with E-state index in [1.54, 1.807) is 6.07 Å². The zero-order valence-electron chi connectivity index (χ0n) is 13.6. The van der Waals surface area contributed by atoms with Gasteiger partial charge in [-0.1, -0.05) is 33.8 Å². The number of ketones is 2. The van der Waals surface area contributed by atoms with Crippen molar-refractivity contribution in [3.8, 4) is 0 Å². The third-order valence-corrected chi connectivity index (χ3v) is 5.03. The number of aliphatic hydroxyl groups is 1. The molecule has 1 N–H and O–H groups in total. The molecule has 0 aromatic heterocycles. The van der Waals surface area contributed by atoms with Crippen LogP contribution in [0.5, 0.6) is 0 Å². The van der Waals surface area contributed by atoms with Crippen LogP contribution >= 0.6 is 0 Å². The molecule has 116 valence electrons. The van der Waals surface area contributed by atoms with Gasteiger partial charge in [0.1, 0.15) is 0 Å². The zero-order chi connectivity index (χ0) is 16.2. The molecule has 0 spiro atoms. The number of fused-ring (bicyclic) bond motifs is 3. The summed E-state index contributed by atoms with van der Waals surface area (Å²) in [5, 5.41) is 10.3. The lowest BCUT2D eigenvalue weighted by Gasteiger charge is -2.35. The van der Waals surface area contributed by atoms with E-state index in [0.717, 1.165) is 30.4 Å². The van der Waals surface area contributed by atoms with E-state index >= 15 is 0 Å². The lowest BCUT2D eigenvalue weighted by atomic mass is 9.69. The highest BCUT2D eigenvalue weighted by molar-refractivity contribution is 6.26. The maximum Gasteiger partial charge on any atom is 0.228 e. The Morgan fingerprint density at radius 3 is 2.45 bits per heavy atom. The number of benzene rings is 1. The molecule has 22 heavy (non-hydrogen) atoms. The summed E-state index contributed by atoms with van der Waals surface area (Å²) in [6, 6.07) is 3.77. The SMILES string of the molecule is CC(C)C1=C(O)C(=O)c2c(ccc3c2CCCC3(C)C)C1=O. The zero-order valence-corrected chi connectivity index (χ0v) is 13.6. The van der Waals surface area contributed by atoms with Gasteiger partial charge in [-0.3, -0.25) is 9.59 Å². The van der Waals surface area contributed by atoms with Gasteiger partial charge in [0.25, 0.3) is 0 Å². The lowest BCUT2D eigenvalue weighted by molar-refractivity contribution is 0.0919. The molecule has 0 unspecified atom stereocenters. The van der Waals surface area contributed by atoms with Gasteiger partial charge >= 0.3 is 0 Å². The van der Waals surface area contributed by atoms with Crippen LogP contribution in [-0.4, -0.2) is 16.7 Å². The standard InChI is InChI=1S/C19H22O3/c1-10(2)14-16(20)12-7-8-13-11(6-5-9-19(13,3)4)15(12)18(22)17(14)21/h7-8,10,21H,5-6,9H2,1-4H3. The van der Waals surface area contributed by atoms with Crippen molar-refractivity contribution in [2.24, 2.45) is 5.92 Å². The topological polar surface area (TPSA) is 54.4 Å². The number of aliphatic hydroxyl groups excluding tert-OH is 1. The Balaban J connectivity index is 2.28. The number of Topliss-reactive ketones (excluding diaryl/α,β-unsaturated/α-hetero) is 2. The van der Waals surface area contributed by atoms with Crippen LogP contribution in [-0.2, 0) is 11.8 Å². The first-order valence-corrected chi connectivity index (χ1v) is 7.94. The van der Waals surface area contributed by atoms with Crippen molar-refractivity contribution < 1.29 is 14.7 Å². The number of allylic oxidation sites excluding steroid dienone is 2. The van der Waals surface area contributed by atoms with Crippen LogP contribution in [0.15, 0.2) is 23.5 Å². The van der Waals surface area contributed by atoms with Crippen molar-refractivity contribution in [3.05, 3.63) is 45.7 Å². The second-order valence-corrected chi connectivity index (χ2v) is 7.33. The summed E-state index contributed by atoms with van der Waals surface area (Å²) in [7, 11) is 0. The van der Waals surface area contributed by atoms with E-state index in [-0.39, 0.29) is 34.2 Å². The largest absolute Gasteiger partial charge is 0.504 e. The number of carbonyl (C=O) groups is 2. The van der Waals surface area contributed by atoms with Crippen LogP contribution in [0.1, 0.15) is 72.4 Å². The van der Waals surface area contributed by atoms with Gasteiger partial charge in [-0.05, 0) is 47.8 Å². The molecule has 1 aromatic rings. The quantitative estimate of drug-likeness (QED) is 0.847. The molecule has 2 aliphatic rings. The predicted octanol–water partition coefficient (Wildman–Crippen LogP) is 4.15. The van der Waals surface area contributed by atoms with Crippen molar-refractivity contribution in [2.45, 2.75) is 52.4 Å². The summed E-state index contributed by atoms with van der Waals surface area (Å²) >= 11 is 0. The maximum atomic E-state index is 12.7. The first-order valence-electron chi connectivity index (χ1n) is 7.94. The highest BCUT2D eigenvalue weighted by atomic mass is 16.3. The molecular weight excluding hydrogens is 276 g/mol. The fourth-order valence-corrected chi connectivity index (χ4v) is 3.86. The van der Waals surface area contributed by atoms with Crippen LogP contribution in [0.3, 0.4) is 0 Å². The minimum atomic E-state index is -0.382. The fourth-order valence-electron chi connectivity index (χ4n) is 3.86. The third kappa shape index (κ3) is 1.95. The van der Waals surface area contributed by atoms with Crippen LogP contribution in [0.2, 0.25) is 0 Å². The molecule has 0 aliphatic heterocycles. The normalized spacial score (nSPS) is 20.2. The van der Waals surface area contributed by atoms with Gasteiger partial charge in [-0.25, -0.2) is 0 Å². The summed E-state index contributed by atoms with van der Waals surface area (Å²) < 4.78 is 0. The number of rotatable bonds is 1. The maximum absolute atomic E-state index is 12.7. The molecule has 1 aromatic carbocycles. The molecule has 3 heteroatoms. The Labute approximate surface area is 131 Å². The van der Waals surface area contributed by atoms with Gasteiger partial charge in [0.2, 0.25) is 5.78 Å². The van der Waals surface area contributed by atoms with Gasteiger partial charge < -0.3 is 5.11 Å². The summed E-state index contributed by atoms with van der Waals surface area (Å²) in [6.45, 7) is 7.98. The minimum absolute atomic E-state index is 0.00357. The highest BCUT2D eigenvalue weighted by Crippen LogP contribution is 2.41. The molecule has 3 rings (SSSR count). The predicted molar refractivity (Wildman–Crippen MR) is 85.6 cm³/mol. The van der Waals surface area contributed by atoms with E-state index in [2.05, 4.69) is 13.8 Å². The Hall–Kier alpha value is -1.90. The second-order valence-electron chi connectivity index (χ2n) is 7.33. The fraction of sp³-hybridized carbons (Fsp3) is 0.474. The van der Waals surface area contributed by atoms with Gasteiger partial charge in [0.05, 0.1) is 0 Å². The summed E-state index contributed by atoms with van der Waals surface area (Å²) in [5.74, 6) is -1.11. The van der Waals surface area contributed by atoms with E-state index in [1.807, 2.05) is 19.9 Å². The van der Waals surface area contributed by atoms with Crippen LogP contribution < -0.4 is 0 Å². The monoisotopic (exact) mass is 298 g/mol. The van der Waals surface area contributed by atoms with Gasteiger partial charge in [-0.15, -0.1) is 0 Å². The van der Waals surface area contributed by atoms with Crippen molar-refractivity contribution >= 4 is 11.6 Å². The second kappa shape index (κ2) is 4.80. The van der Waals surface area contributed by atoms with Gasteiger partial charge in [-0.2, -0.15) is 0 Å². The van der Waals surface area contributed by atoms with Gasteiger partial charge in [0, 0.05) is 16.7 Å². The van der Waals surface area contributed by atoms with E-state index in [4.69, 9.17) is 0 Å². The van der Waals surface area contributed by atoms with Gasteiger partial charge in [0.15, 0.2) is 11.5 Å². The van der Waals surface area contributed by atoms with Crippen molar-refractivity contribution in [1.82, 2.24) is 0 Å².